The number of rotatable bonds is 6. The van der Waals surface area contributed by atoms with Crippen molar-refractivity contribution < 1.29 is 26.8 Å². The Bertz CT molecular complexity index is 898. The van der Waals surface area contributed by atoms with E-state index in [0.29, 0.717) is 19.7 Å². The average molecular weight is 397 g/mol. The number of sulfonamides is 1. The van der Waals surface area contributed by atoms with Gasteiger partial charge in [0.05, 0.1) is 26.2 Å². The molecule has 1 fully saturated rings. The van der Waals surface area contributed by atoms with Crippen molar-refractivity contribution in [2.75, 3.05) is 39.3 Å². The van der Waals surface area contributed by atoms with Gasteiger partial charge in [0.15, 0.2) is 0 Å². The first-order chi connectivity index (χ1) is 12.9. The van der Waals surface area contributed by atoms with E-state index in [9.17, 15) is 17.2 Å². The van der Waals surface area contributed by atoms with Crippen LogP contribution in [0.25, 0.3) is 0 Å². The number of ether oxygens (including phenoxy) is 1. The van der Waals surface area contributed by atoms with Gasteiger partial charge < -0.3 is 9.64 Å². The fraction of sp³-hybridized carbons (Fsp3) is 0.368. The minimum absolute atomic E-state index is 0.262. The van der Waals surface area contributed by atoms with Crippen LogP contribution in [-0.2, 0) is 10.0 Å². The van der Waals surface area contributed by atoms with Gasteiger partial charge in [-0.2, -0.15) is 4.31 Å². The molecule has 2 aromatic carbocycles. The molecule has 0 saturated carbocycles. The van der Waals surface area contributed by atoms with Gasteiger partial charge in [0.2, 0.25) is 10.0 Å². The summed E-state index contributed by atoms with van der Waals surface area (Å²) in [5.41, 5.74) is 1.13. The molecule has 146 valence electrons. The number of aryl methyl sites for hydroxylation is 1. The molecular formula is C19H23F2N2O3S+. The van der Waals surface area contributed by atoms with Crippen LogP contribution in [0.2, 0.25) is 0 Å². The Morgan fingerprint density at radius 2 is 1.85 bits per heavy atom. The number of hydrogen-bond donors (Lipinski definition) is 1. The number of piperazine rings is 1. The monoisotopic (exact) mass is 397 g/mol. The van der Waals surface area contributed by atoms with Crippen LogP contribution in [-0.4, -0.2) is 52.1 Å². The van der Waals surface area contributed by atoms with Crippen LogP contribution in [0.1, 0.15) is 5.56 Å². The van der Waals surface area contributed by atoms with Gasteiger partial charge in [-0.25, -0.2) is 17.2 Å². The lowest BCUT2D eigenvalue weighted by Crippen LogP contribution is -3.15. The van der Waals surface area contributed by atoms with Crippen molar-refractivity contribution in [3.8, 4) is 5.75 Å². The fourth-order valence-electron chi connectivity index (χ4n) is 3.13. The van der Waals surface area contributed by atoms with Gasteiger partial charge in [0, 0.05) is 0 Å². The zero-order valence-corrected chi connectivity index (χ0v) is 15.9. The largest absolute Gasteiger partial charge is 0.488 e. The maximum Gasteiger partial charge on any atom is 0.246 e. The minimum Gasteiger partial charge on any atom is -0.488 e. The molecule has 0 aromatic heterocycles. The SMILES string of the molecule is Cc1cccc(OCC[NH+]2CCN(S(=O)(=O)c3cc(F)ccc3F)CC2)c1. The second kappa shape index (κ2) is 8.33. The number of quaternary nitrogens is 1. The van der Waals surface area contributed by atoms with Crippen molar-refractivity contribution in [3.05, 3.63) is 59.7 Å². The summed E-state index contributed by atoms with van der Waals surface area (Å²) in [6.07, 6.45) is 0. The summed E-state index contributed by atoms with van der Waals surface area (Å²) in [7, 11) is -4.03. The van der Waals surface area contributed by atoms with Gasteiger partial charge in [-0.05, 0) is 42.8 Å². The summed E-state index contributed by atoms with van der Waals surface area (Å²) in [6, 6.07) is 10.3. The molecular weight excluding hydrogens is 374 g/mol. The Kier molecular flexibility index (Phi) is 6.08. The third kappa shape index (κ3) is 4.82. The van der Waals surface area contributed by atoms with E-state index < -0.39 is 26.6 Å². The highest BCUT2D eigenvalue weighted by Crippen LogP contribution is 2.20. The number of nitrogens with zero attached hydrogens (tertiary/aromatic N) is 1. The molecule has 27 heavy (non-hydrogen) atoms. The highest BCUT2D eigenvalue weighted by molar-refractivity contribution is 7.89. The molecule has 3 rings (SSSR count). The minimum atomic E-state index is -4.03. The van der Waals surface area contributed by atoms with Gasteiger partial charge in [0.1, 0.15) is 35.4 Å². The van der Waals surface area contributed by atoms with Gasteiger partial charge >= 0.3 is 0 Å². The van der Waals surface area contributed by atoms with E-state index >= 15 is 0 Å². The molecule has 1 aliphatic heterocycles. The summed E-state index contributed by atoms with van der Waals surface area (Å²) in [4.78, 5) is 0.613. The first kappa shape index (κ1) is 19.7. The van der Waals surface area contributed by atoms with Crippen LogP contribution < -0.4 is 9.64 Å². The highest BCUT2D eigenvalue weighted by atomic mass is 32.2. The Morgan fingerprint density at radius 3 is 2.56 bits per heavy atom. The molecule has 8 heteroatoms. The molecule has 0 bridgehead atoms. The van der Waals surface area contributed by atoms with E-state index in [1.807, 2.05) is 31.2 Å². The van der Waals surface area contributed by atoms with E-state index in [0.717, 1.165) is 36.1 Å². The van der Waals surface area contributed by atoms with Crippen LogP contribution >= 0.6 is 0 Å². The molecule has 0 atom stereocenters. The van der Waals surface area contributed by atoms with Crippen molar-refractivity contribution in [2.45, 2.75) is 11.8 Å². The first-order valence-electron chi connectivity index (χ1n) is 8.84. The van der Waals surface area contributed by atoms with Gasteiger partial charge in [-0.1, -0.05) is 12.1 Å². The van der Waals surface area contributed by atoms with Crippen molar-refractivity contribution in [1.82, 2.24) is 4.31 Å². The lowest BCUT2D eigenvalue weighted by Gasteiger charge is -2.31. The normalized spacial score (nSPS) is 16.4. The van der Waals surface area contributed by atoms with Crippen LogP contribution in [0, 0.1) is 18.6 Å². The lowest BCUT2D eigenvalue weighted by molar-refractivity contribution is -0.903. The molecule has 0 aliphatic carbocycles. The number of nitrogens with one attached hydrogen (secondary N) is 1. The van der Waals surface area contributed by atoms with Crippen LogP contribution in [0.3, 0.4) is 0 Å². The maximum absolute atomic E-state index is 13.9. The summed E-state index contributed by atoms with van der Waals surface area (Å²) < 4.78 is 59.3. The molecule has 0 unspecified atom stereocenters. The second-order valence-corrected chi connectivity index (χ2v) is 8.55. The van der Waals surface area contributed by atoms with Crippen LogP contribution in [0.15, 0.2) is 47.4 Å². The maximum atomic E-state index is 13.9. The van der Waals surface area contributed by atoms with Gasteiger partial charge in [-0.15, -0.1) is 0 Å². The summed E-state index contributed by atoms with van der Waals surface area (Å²) in [6.45, 7) is 4.98. The topological polar surface area (TPSA) is 51.1 Å². The third-order valence-corrected chi connectivity index (χ3v) is 6.57. The summed E-state index contributed by atoms with van der Waals surface area (Å²) >= 11 is 0. The van der Waals surface area contributed by atoms with Crippen molar-refractivity contribution in [1.29, 1.82) is 0 Å². The molecule has 0 spiro atoms. The van der Waals surface area contributed by atoms with Crippen molar-refractivity contribution in [3.63, 3.8) is 0 Å². The van der Waals surface area contributed by atoms with E-state index in [1.54, 1.807) is 0 Å². The Hall–Kier alpha value is -2.03. The second-order valence-electron chi connectivity index (χ2n) is 6.64. The van der Waals surface area contributed by atoms with Gasteiger partial charge in [0.25, 0.3) is 0 Å². The summed E-state index contributed by atoms with van der Waals surface area (Å²) in [5.74, 6) is -0.887. The predicted molar refractivity (Wildman–Crippen MR) is 97.4 cm³/mol. The van der Waals surface area contributed by atoms with Crippen LogP contribution in [0.5, 0.6) is 5.75 Å². The zero-order valence-electron chi connectivity index (χ0n) is 15.1. The average Bonchev–Trinajstić information content (AvgIpc) is 2.64. The van der Waals surface area contributed by atoms with Crippen molar-refractivity contribution in [2.24, 2.45) is 0 Å². The molecule has 1 aliphatic rings. The Balaban J connectivity index is 1.53. The van der Waals surface area contributed by atoms with E-state index in [1.165, 1.54) is 9.21 Å². The Labute approximate surface area is 158 Å². The molecule has 1 saturated heterocycles. The van der Waals surface area contributed by atoms with E-state index in [-0.39, 0.29) is 13.1 Å². The van der Waals surface area contributed by atoms with E-state index in [2.05, 4.69) is 0 Å². The van der Waals surface area contributed by atoms with Crippen molar-refractivity contribution >= 4 is 10.0 Å². The molecule has 2 aromatic rings. The lowest BCUT2D eigenvalue weighted by atomic mass is 10.2. The smallest absolute Gasteiger partial charge is 0.246 e. The van der Waals surface area contributed by atoms with E-state index in [4.69, 9.17) is 4.74 Å². The molecule has 1 heterocycles. The number of hydrogen-bond acceptors (Lipinski definition) is 3. The molecule has 1 N–H and O–H groups in total. The first-order valence-corrected chi connectivity index (χ1v) is 10.3. The predicted octanol–water partition coefficient (Wildman–Crippen LogP) is 1.24. The molecule has 0 amide bonds. The highest BCUT2D eigenvalue weighted by Gasteiger charge is 2.32. The number of benzene rings is 2. The zero-order chi connectivity index (χ0) is 19.4. The quantitative estimate of drug-likeness (QED) is 0.798. The third-order valence-electron chi connectivity index (χ3n) is 4.65. The number of halogens is 2. The fourth-order valence-corrected chi connectivity index (χ4v) is 4.64. The Morgan fingerprint density at radius 1 is 1.11 bits per heavy atom. The summed E-state index contributed by atoms with van der Waals surface area (Å²) in [5, 5.41) is 0. The molecule has 0 radical (unpaired) electrons. The van der Waals surface area contributed by atoms with Crippen LogP contribution in [0.4, 0.5) is 8.78 Å². The molecule has 5 nitrogen and oxygen atoms in total. The van der Waals surface area contributed by atoms with Gasteiger partial charge in [-0.3, -0.25) is 0 Å². The standard InChI is InChI=1S/C19H22F2N2O3S/c1-15-3-2-4-17(13-15)26-12-11-22-7-9-23(10-8-22)27(24,25)19-14-16(20)5-6-18(19)21/h2-6,13-14H,7-12H2,1H3/p+1.